The third-order valence-corrected chi connectivity index (χ3v) is 5.69. The summed E-state index contributed by atoms with van der Waals surface area (Å²) in [5, 5.41) is 3.50. The summed E-state index contributed by atoms with van der Waals surface area (Å²) in [5.41, 5.74) is 1.27. The third-order valence-electron chi connectivity index (χ3n) is 5.69. The lowest BCUT2D eigenvalue weighted by atomic mass is 9.81. The molecule has 2 aliphatic rings. The zero-order valence-electron chi connectivity index (χ0n) is 16.3. The molecule has 1 N–H and O–H groups in total. The summed E-state index contributed by atoms with van der Waals surface area (Å²) in [4.78, 5) is 4.63. The van der Waals surface area contributed by atoms with E-state index in [1.54, 1.807) is 0 Å². The Labute approximate surface area is 168 Å². The lowest BCUT2D eigenvalue weighted by Gasteiger charge is -2.24. The average Bonchev–Trinajstić information content (AvgIpc) is 2.88. The van der Waals surface area contributed by atoms with Gasteiger partial charge in [0.05, 0.1) is 6.67 Å². The summed E-state index contributed by atoms with van der Waals surface area (Å²) in [5.74, 6) is 9.94. The van der Waals surface area contributed by atoms with Crippen molar-refractivity contribution < 1.29 is 4.74 Å². The largest absolute Gasteiger partial charge is 0.457 e. The maximum absolute atomic E-state index is 6.23. The second kappa shape index (κ2) is 9.57. The van der Waals surface area contributed by atoms with Crippen LogP contribution in [0.1, 0.15) is 43.6 Å². The summed E-state index contributed by atoms with van der Waals surface area (Å²) in [6.45, 7) is 1.59. The first kappa shape index (κ1) is 18.8. The Balaban J connectivity index is 1.52. The first-order chi connectivity index (χ1) is 13.9. The highest BCUT2D eigenvalue weighted by molar-refractivity contribution is 5.62. The molecule has 1 heterocycles. The minimum absolute atomic E-state index is 0.403. The molecule has 0 radical (unpaired) electrons. The summed E-state index contributed by atoms with van der Waals surface area (Å²) in [6.07, 6.45) is 7.86. The molecule has 0 aromatic heterocycles. The second-order valence-corrected chi connectivity index (χ2v) is 7.65. The van der Waals surface area contributed by atoms with Crippen LogP contribution in [0.3, 0.4) is 0 Å². The van der Waals surface area contributed by atoms with Gasteiger partial charge in [-0.15, -0.1) is 5.92 Å². The minimum Gasteiger partial charge on any atom is -0.457 e. The fraction of sp³-hybridized carbons (Fsp3) is 0.400. The molecule has 0 bridgehead atoms. The van der Waals surface area contributed by atoms with Crippen LogP contribution in [0.5, 0.6) is 11.5 Å². The number of hydrogen-bond donors (Lipinski definition) is 1. The van der Waals surface area contributed by atoms with Gasteiger partial charge in [0, 0.05) is 36.9 Å². The fourth-order valence-corrected chi connectivity index (χ4v) is 4.17. The number of aliphatic imine (C=N–C) groups is 1. The van der Waals surface area contributed by atoms with Crippen molar-refractivity contribution in [3.8, 4) is 23.3 Å². The van der Waals surface area contributed by atoms with Gasteiger partial charge in [-0.25, -0.2) is 0 Å². The Bertz CT molecular complexity index is 850. The van der Waals surface area contributed by atoms with Crippen molar-refractivity contribution in [2.24, 2.45) is 16.8 Å². The van der Waals surface area contributed by atoms with Crippen molar-refractivity contribution >= 4 is 6.21 Å². The van der Waals surface area contributed by atoms with Crippen LogP contribution in [0.15, 0.2) is 59.6 Å². The molecule has 4 rings (SSSR count). The van der Waals surface area contributed by atoms with Crippen LogP contribution in [-0.2, 0) is 0 Å². The molecule has 3 nitrogen and oxygen atoms in total. The van der Waals surface area contributed by atoms with Gasteiger partial charge >= 0.3 is 0 Å². The third kappa shape index (κ3) is 4.82. The zero-order valence-corrected chi connectivity index (χ0v) is 16.3. The van der Waals surface area contributed by atoms with Crippen molar-refractivity contribution in [2.75, 3.05) is 13.2 Å². The van der Waals surface area contributed by atoms with E-state index >= 15 is 0 Å². The molecule has 144 valence electrons. The highest BCUT2D eigenvalue weighted by Crippen LogP contribution is 2.35. The van der Waals surface area contributed by atoms with Gasteiger partial charge in [0.25, 0.3) is 0 Å². The molecule has 1 aliphatic heterocycles. The molecular formula is C25H28N2O. The minimum atomic E-state index is 0.403. The SMILES string of the molecule is C1#CC(C2C=NCNCC(c3ccccc3Oc3ccccc3)CC2)CCC1. The number of hydrogen-bond acceptors (Lipinski definition) is 3. The van der Waals surface area contributed by atoms with E-state index < -0.39 is 0 Å². The number of nitrogens with zero attached hydrogens (tertiary/aromatic N) is 1. The van der Waals surface area contributed by atoms with Crippen molar-refractivity contribution in [1.82, 2.24) is 5.32 Å². The smallest absolute Gasteiger partial charge is 0.130 e. The quantitative estimate of drug-likeness (QED) is 0.730. The topological polar surface area (TPSA) is 33.6 Å². The maximum atomic E-state index is 6.23. The Morgan fingerprint density at radius 2 is 1.82 bits per heavy atom. The van der Waals surface area contributed by atoms with Crippen LogP contribution in [0.2, 0.25) is 0 Å². The molecular weight excluding hydrogens is 344 g/mol. The maximum Gasteiger partial charge on any atom is 0.130 e. The van der Waals surface area contributed by atoms with E-state index in [2.05, 4.69) is 46.6 Å². The molecule has 1 aliphatic carbocycles. The first-order valence-electron chi connectivity index (χ1n) is 10.4. The average molecular weight is 373 g/mol. The predicted molar refractivity (Wildman–Crippen MR) is 115 cm³/mol. The van der Waals surface area contributed by atoms with Gasteiger partial charge in [0.2, 0.25) is 0 Å². The molecule has 0 fully saturated rings. The van der Waals surface area contributed by atoms with Gasteiger partial charge in [0.1, 0.15) is 11.5 Å². The van der Waals surface area contributed by atoms with E-state index in [4.69, 9.17) is 4.74 Å². The molecule has 0 saturated carbocycles. The Morgan fingerprint density at radius 3 is 2.68 bits per heavy atom. The molecule has 0 spiro atoms. The summed E-state index contributed by atoms with van der Waals surface area (Å²) in [6, 6.07) is 18.5. The molecule has 0 amide bonds. The van der Waals surface area contributed by atoms with E-state index in [0.717, 1.165) is 37.3 Å². The predicted octanol–water partition coefficient (Wildman–Crippen LogP) is 5.39. The highest BCUT2D eigenvalue weighted by atomic mass is 16.5. The van der Waals surface area contributed by atoms with Crippen LogP contribution in [0.25, 0.3) is 0 Å². The van der Waals surface area contributed by atoms with Gasteiger partial charge in [-0.05, 0) is 49.4 Å². The van der Waals surface area contributed by atoms with Crippen LogP contribution in [0.4, 0.5) is 0 Å². The lowest BCUT2D eigenvalue weighted by Crippen LogP contribution is -2.22. The monoisotopic (exact) mass is 372 g/mol. The number of nitrogens with one attached hydrogen (secondary N) is 1. The van der Waals surface area contributed by atoms with Crippen LogP contribution in [0, 0.1) is 23.7 Å². The molecule has 2 aromatic rings. The summed E-state index contributed by atoms with van der Waals surface area (Å²) >= 11 is 0. The van der Waals surface area contributed by atoms with Crippen LogP contribution < -0.4 is 10.1 Å². The van der Waals surface area contributed by atoms with Crippen LogP contribution in [-0.4, -0.2) is 19.4 Å². The van der Waals surface area contributed by atoms with E-state index in [0.29, 0.717) is 24.4 Å². The van der Waals surface area contributed by atoms with Crippen molar-refractivity contribution in [3.63, 3.8) is 0 Å². The van der Waals surface area contributed by atoms with E-state index in [1.807, 2.05) is 36.4 Å². The second-order valence-electron chi connectivity index (χ2n) is 7.65. The number of benzene rings is 2. The van der Waals surface area contributed by atoms with Crippen LogP contribution >= 0.6 is 0 Å². The van der Waals surface area contributed by atoms with Gasteiger partial charge in [-0.3, -0.25) is 10.3 Å². The van der Waals surface area contributed by atoms with Crippen molar-refractivity contribution in [1.29, 1.82) is 0 Å². The van der Waals surface area contributed by atoms with Crippen molar-refractivity contribution in [3.05, 3.63) is 60.2 Å². The van der Waals surface area contributed by atoms with E-state index in [-0.39, 0.29) is 0 Å². The summed E-state index contributed by atoms with van der Waals surface area (Å²) in [7, 11) is 0. The highest BCUT2D eigenvalue weighted by Gasteiger charge is 2.24. The molecule has 2 aromatic carbocycles. The van der Waals surface area contributed by atoms with Gasteiger partial charge in [-0.2, -0.15) is 0 Å². The Hall–Kier alpha value is -2.57. The Morgan fingerprint density at radius 1 is 0.964 bits per heavy atom. The van der Waals surface area contributed by atoms with Crippen molar-refractivity contribution in [2.45, 2.75) is 38.0 Å². The van der Waals surface area contributed by atoms with Gasteiger partial charge in [-0.1, -0.05) is 42.3 Å². The molecule has 3 atom stereocenters. The number of rotatable bonds is 4. The lowest BCUT2D eigenvalue weighted by molar-refractivity contribution is 0.411. The molecule has 3 unspecified atom stereocenters. The van der Waals surface area contributed by atoms with E-state index in [1.165, 1.54) is 18.4 Å². The Kier molecular flexibility index (Phi) is 6.42. The van der Waals surface area contributed by atoms with Gasteiger partial charge < -0.3 is 4.74 Å². The van der Waals surface area contributed by atoms with Gasteiger partial charge in [0.15, 0.2) is 0 Å². The number of para-hydroxylation sites is 2. The normalized spacial score (nSPS) is 24.9. The standard InChI is InChI=1S/C25H28N2O/c1-3-9-20(10-4-1)21-15-16-22(18-27-19-26-17-21)24-13-7-8-14-25(24)28-23-11-5-2-6-12-23/h2,5-8,11-14,17,20-22,27H,1,3,9,15-16,18-19H2. The molecule has 0 saturated heterocycles. The molecule has 3 heteroatoms. The zero-order chi connectivity index (χ0) is 19.0. The molecule has 28 heavy (non-hydrogen) atoms. The number of ether oxygens (including phenoxy) is 1. The fourth-order valence-electron chi connectivity index (χ4n) is 4.17. The van der Waals surface area contributed by atoms with E-state index in [9.17, 15) is 0 Å². The summed E-state index contributed by atoms with van der Waals surface area (Å²) < 4.78 is 6.23. The first-order valence-corrected chi connectivity index (χ1v) is 10.4.